The Morgan fingerprint density at radius 1 is 1.35 bits per heavy atom. The number of hydrogen-bond acceptors (Lipinski definition) is 10. The van der Waals surface area contributed by atoms with E-state index in [9.17, 15) is 9.90 Å². The Morgan fingerprint density at radius 3 is 3.06 bits per heavy atom. The number of carbonyl (C=O) groups is 1. The number of nitrogens with zero attached hydrogens (tertiary/aromatic N) is 6. The van der Waals surface area contributed by atoms with Gasteiger partial charge < -0.3 is 30.2 Å². The molecular formula is C19H20N8O4. The van der Waals surface area contributed by atoms with Crippen molar-refractivity contribution in [2.24, 2.45) is 0 Å². The summed E-state index contributed by atoms with van der Waals surface area (Å²) in [5.74, 6) is 0.000557. The van der Waals surface area contributed by atoms with Crippen LogP contribution in [0.2, 0.25) is 0 Å². The minimum Gasteiger partial charge on any atom is -0.422 e. The van der Waals surface area contributed by atoms with E-state index in [4.69, 9.17) is 9.52 Å². The number of anilines is 3. The van der Waals surface area contributed by atoms with Crippen LogP contribution in [0.1, 0.15) is 16.8 Å². The van der Waals surface area contributed by atoms with Gasteiger partial charge in [0, 0.05) is 38.1 Å². The zero-order chi connectivity index (χ0) is 21.4. The van der Waals surface area contributed by atoms with Crippen LogP contribution < -0.4 is 15.5 Å². The van der Waals surface area contributed by atoms with Crippen molar-refractivity contribution in [2.75, 3.05) is 41.8 Å². The Morgan fingerprint density at radius 2 is 2.26 bits per heavy atom. The molecule has 31 heavy (non-hydrogen) atoms. The molecular weight excluding hydrogens is 404 g/mol. The lowest BCUT2D eigenvalue weighted by Gasteiger charge is -2.19. The van der Waals surface area contributed by atoms with Gasteiger partial charge in [0.05, 0.1) is 24.5 Å². The van der Waals surface area contributed by atoms with Crippen molar-refractivity contribution in [2.45, 2.75) is 12.5 Å². The van der Waals surface area contributed by atoms with Gasteiger partial charge in [0.1, 0.15) is 11.5 Å². The van der Waals surface area contributed by atoms with Crippen LogP contribution in [0.15, 0.2) is 35.1 Å². The van der Waals surface area contributed by atoms with Crippen LogP contribution in [-0.4, -0.2) is 73.0 Å². The molecule has 0 unspecified atom stereocenters. The number of pyridine rings is 1. The van der Waals surface area contributed by atoms with E-state index in [1.807, 2.05) is 4.90 Å². The number of aliphatic hydroxyl groups is 2. The van der Waals surface area contributed by atoms with Crippen molar-refractivity contribution < 1.29 is 19.4 Å². The van der Waals surface area contributed by atoms with E-state index in [2.05, 4.69) is 30.7 Å². The minimum absolute atomic E-state index is 0.0790. The third kappa shape index (κ3) is 3.62. The average Bonchev–Trinajstić information content (AvgIpc) is 3.49. The molecule has 1 saturated heterocycles. The summed E-state index contributed by atoms with van der Waals surface area (Å²) in [5, 5.41) is 28.8. The highest BCUT2D eigenvalue weighted by Gasteiger charge is 2.28. The van der Waals surface area contributed by atoms with E-state index in [1.54, 1.807) is 29.0 Å². The first-order valence-corrected chi connectivity index (χ1v) is 9.81. The highest BCUT2D eigenvalue weighted by Crippen LogP contribution is 2.29. The lowest BCUT2D eigenvalue weighted by molar-refractivity contribution is 0.102. The van der Waals surface area contributed by atoms with E-state index in [0.717, 1.165) is 0 Å². The van der Waals surface area contributed by atoms with E-state index in [1.165, 1.54) is 6.20 Å². The van der Waals surface area contributed by atoms with E-state index < -0.39 is 12.0 Å². The number of nitrogens with one attached hydrogen (secondary N) is 2. The van der Waals surface area contributed by atoms with Gasteiger partial charge in [-0.05, 0) is 12.5 Å². The van der Waals surface area contributed by atoms with Crippen LogP contribution in [0.4, 0.5) is 17.5 Å². The molecule has 0 radical (unpaired) electrons. The van der Waals surface area contributed by atoms with Gasteiger partial charge in [-0.3, -0.25) is 4.79 Å². The van der Waals surface area contributed by atoms with Crippen molar-refractivity contribution >= 4 is 40.3 Å². The molecule has 4 N–H and O–H groups in total. The number of oxazole rings is 1. The van der Waals surface area contributed by atoms with Crippen molar-refractivity contribution in [1.29, 1.82) is 0 Å². The number of rotatable bonds is 6. The molecule has 4 aromatic rings. The van der Waals surface area contributed by atoms with Crippen LogP contribution in [0.25, 0.3) is 16.9 Å². The van der Waals surface area contributed by atoms with Crippen LogP contribution in [0.5, 0.6) is 0 Å². The van der Waals surface area contributed by atoms with Crippen LogP contribution in [-0.2, 0) is 0 Å². The summed E-state index contributed by atoms with van der Waals surface area (Å²) >= 11 is 0. The number of fused-ring (bicyclic) bond motifs is 2. The monoisotopic (exact) mass is 424 g/mol. The molecule has 0 spiro atoms. The molecule has 12 heteroatoms. The summed E-state index contributed by atoms with van der Waals surface area (Å²) in [6.45, 7) is 1.12. The molecule has 0 saturated carbocycles. The van der Waals surface area contributed by atoms with Gasteiger partial charge in [-0.15, -0.1) is 0 Å². The zero-order valence-electron chi connectivity index (χ0n) is 16.4. The fourth-order valence-electron chi connectivity index (χ4n) is 3.54. The topological polar surface area (TPSA) is 154 Å². The first-order valence-electron chi connectivity index (χ1n) is 9.81. The Bertz CT molecular complexity index is 1250. The number of amides is 1. The number of carbonyl (C=O) groups excluding carboxylic acids is 1. The number of aromatic nitrogens is 5. The predicted molar refractivity (Wildman–Crippen MR) is 111 cm³/mol. The molecule has 0 bridgehead atoms. The van der Waals surface area contributed by atoms with Gasteiger partial charge in [0.15, 0.2) is 11.2 Å². The third-order valence-corrected chi connectivity index (χ3v) is 4.99. The summed E-state index contributed by atoms with van der Waals surface area (Å²) in [7, 11) is 0. The second kappa shape index (κ2) is 7.81. The highest BCUT2D eigenvalue weighted by molar-refractivity contribution is 6.10. The van der Waals surface area contributed by atoms with Gasteiger partial charge in [0.2, 0.25) is 5.65 Å². The molecule has 4 aromatic heterocycles. The fourth-order valence-corrected chi connectivity index (χ4v) is 3.54. The Kier molecular flexibility index (Phi) is 4.84. The van der Waals surface area contributed by atoms with Crippen LogP contribution in [0.3, 0.4) is 0 Å². The second-order valence-corrected chi connectivity index (χ2v) is 7.14. The SMILES string of the molecule is O=C(Nc1cnn2cccnc12)c1cc2oc(NCCO)nc2nc1N1CC[C@@H](O)C1. The zero-order valence-corrected chi connectivity index (χ0v) is 16.4. The van der Waals surface area contributed by atoms with Crippen molar-refractivity contribution in [3.63, 3.8) is 0 Å². The minimum atomic E-state index is -0.490. The Balaban J connectivity index is 1.53. The largest absolute Gasteiger partial charge is 0.422 e. The molecule has 1 aliphatic rings. The number of β-amino-alcohol motifs (C(OH)–C–C–N with tert-alkyl or cyclic N) is 1. The molecule has 0 aliphatic carbocycles. The van der Waals surface area contributed by atoms with Gasteiger partial charge in [-0.25, -0.2) is 14.5 Å². The van der Waals surface area contributed by atoms with Crippen molar-refractivity contribution in [1.82, 2.24) is 24.6 Å². The smallest absolute Gasteiger partial charge is 0.297 e. The predicted octanol–water partition coefficient (Wildman–Crippen LogP) is 0.493. The molecule has 1 atom stereocenters. The lowest BCUT2D eigenvalue weighted by atomic mass is 10.2. The lowest BCUT2D eigenvalue weighted by Crippen LogP contribution is -2.26. The Labute approximate surface area is 175 Å². The van der Waals surface area contributed by atoms with Gasteiger partial charge >= 0.3 is 0 Å². The van der Waals surface area contributed by atoms with Gasteiger partial charge in [-0.2, -0.15) is 10.1 Å². The molecule has 5 heterocycles. The third-order valence-electron chi connectivity index (χ3n) is 4.99. The number of hydrogen-bond donors (Lipinski definition) is 4. The van der Waals surface area contributed by atoms with Crippen molar-refractivity contribution in [3.8, 4) is 0 Å². The molecule has 1 aliphatic heterocycles. The molecule has 160 valence electrons. The van der Waals surface area contributed by atoms with E-state index in [-0.39, 0.29) is 24.7 Å². The normalized spacial score (nSPS) is 16.3. The van der Waals surface area contributed by atoms with Crippen molar-refractivity contribution in [3.05, 3.63) is 36.3 Å². The maximum absolute atomic E-state index is 13.2. The fraction of sp³-hybridized carbons (Fsp3) is 0.316. The molecule has 0 aromatic carbocycles. The van der Waals surface area contributed by atoms with E-state index >= 15 is 0 Å². The first kappa shape index (κ1) is 19.2. The summed E-state index contributed by atoms with van der Waals surface area (Å²) in [4.78, 5) is 28.1. The quantitative estimate of drug-likeness (QED) is 0.344. The number of aliphatic hydroxyl groups excluding tert-OH is 2. The average molecular weight is 424 g/mol. The van der Waals surface area contributed by atoms with E-state index in [0.29, 0.717) is 47.9 Å². The van der Waals surface area contributed by atoms with Crippen LogP contribution >= 0.6 is 0 Å². The summed E-state index contributed by atoms with van der Waals surface area (Å²) in [6, 6.07) is 3.52. The second-order valence-electron chi connectivity index (χ2n) is 7.14. The maximum Gasteiger partial charge on any atom is 0.297 e. The highest BCUT2D eigenvalue weighted by atomic mass is 16.4. The standard InChI is InChI=1S/C19H20N8O4/c28-7-4-21-19-25-15-14(31-19)8-12(16(24-15)26-6-2-11(29)10-26)18(30)23-13-9-22-27-5-1-3-20-17(13)27/h1,3,5,8-9,11,28-29H,2,4,6-7,10H2,(H,23,30)(H,21,24,25)/t11-/m1/s1. The van der Waals surface area contributed by atoms with Gasteiger partial charge in [-0.1, -0.05) is 0 Å². The van der Waals surface area contributed by atoms with Gasteiger partial charge in [0.25, 0.3) is 11.9 Å². The molecule has 12 nitrogen and oxygen atoms in total. The first-order chi connectivity index (χ1) is 15.1. The summed E-state index contributed by atoms with van der Waals surface area (Å²) in [6.07, 6.45) is 4.97. The Hall–Kier alpha value is -3.77. The maximum atomic E-state index is 13.2. The molecule has 5 rings (SSSR count). The van der Waals surface area contributed by atoms with Crippen LogP contribution in [0, 0.1) is 0 Å². The molecule has 1 amide bonds. The summed E-state index contributed by atoms with van der Waals surface area (Å²) in [5.41, 5.74) is 1.90. The summed E-state index contributed by atoms with van der Waals surface area (Å²) < 4.78 is 7.19. The molecule has 1 fully saturated rings.